The van der Waals surface area contributed by atoms with E-state index in [1.807, 2.05) is 36.5 Å². The molecule has 1 amide bonds. The van der Waals surface area contributed by atoms with Crippen LogP contribution in [-0.2, 0) is 5.41 Å². The molecule has 2 aromatic carbocycles. The highest BCUT2D eigenvalue weighted by atomic mass is 32.1. The van der Waals surface area contributed by atoms with E-state index < -0.39 is 0 Å². The summed E-state index contributed by atoms with van der Waals surface area (Å²) in [5, 5.41) is 22.3. The van der Waals surface area contributed by atoms with Gasteiger partial charge in [-0.25, -0.2) is 0 Å². The maximum Gasteiger partial charge on any atom is 0.251 e. The molecule has 1 aliphatic rings. The third-order valence-corrected chi connectivity index (χ3v) is 6.87. The third kappa shape index (κ3) is 4.70. The van der Waals surface area contributed by atoms with Crippen molar-refractivity contribution in [3.05, 3.63) is 59.7 Å². The Morgan fingerprint density at radius 3 is 2.75 bits per heavy atom. The lowest BCUT2D eigenvalue weighted by atomic mass is 9.68. The van der Waals surface area contributed by atoms with Crippen LogP contribution >= 0.6 is 11.5 Å². The predicted molar refractivity (Wildman–Crippen MR) is 125 cm³/mol. The van der Waals surface area contributed by atoms with Crippen LogP contribution in [-0.4, -0.2) is 41.1 Å². The van der Waals surface area contributed by atoms with E-state index in [0.717, 1.165) is 35.9 Å². The summed E-state index contributed by atoms with van der Waals surface area (Å²) in [7, 11) is 1.74. The first kappa shape index (κ1) is 21.7. The van der Waals surface area contributed by atoms with Crippen LogP contribution in [0.25, 0.3) is 10.2 Å². The molecule has 1 saturated carbocycles. The summed E-state index contributed by atoms with van der Waals surface area (Å²) in [5.74, 6) is 0.388. The highest BCUT2D eigenvalue weighted by Crippen LogP contribution is 2.39. The fraction of sp³-hybridized carbons (Fsp3) is 0.348. The van der Waals surface area contributed by atoms with Crippen LogP contribution in [0.2, 0.25) is 0 Å². The van der Waals surface area contributed by atoms with Gasteiger partial charge in [0.15, 0.2) is 0 Å². The summed E-state index contributed by atoms with van der Waals surface area (Å²) in [6, 6.07) is 16.1. The van der Waals surface area contributed by atoms with Crippen LogP contribution in [0.5, 0.6) is 0 Å². The summed E-state index contributed by atoms with van der Waals surface area (Å²) in [6.07, 6.45) is 5.46. The number of aromatic nitrogens is 2. The molecule has 1 aliphatic carbocycles. The quantitative estimate of drug-likeness (QED) is 0.315. The van der Waals surface area contributed by atoms with Crippen LogP contribution < -0.4 is 16.0 Å². The fourth-order valence-electron chi connectivity index (χ4n) is 4.35. The van der Waals surface area contributed by atoms with Crippen LogP contribution in [0.3, 0.4) is 0 Å². The van der Waals surface area contributed by atoms with Gasteiger partial charge in [0.2, 0.25) is 12.2 Å². The van der Waals surface area contributed by atoms with Gasteiger partial charge in [-0.2, -0.15) is 5.26 Å². The van der Waals surface area contributed by atoms with E-state index in [4.69, 9.17) is 5.26 Å². The SMILES string of the molecule is CN/C(=N\C#N)N[C@H]1CC[C@](CNC(=O)c2ccc3snnc3c2)(c2ccccc2)CC1. The molecule has 4 rings (SSSR count). The molecule has 0 saturated heterocycles. The van der Waals surface area contributed by atoms with Crippen molar-refractivity contribution < 1.29 is 4.79 Å². The molecular formula is C23H25N7OS. The second-order valence-corrected chi connectivity index (χ2v) is 8.80. The number of benzene rings is 2. The third-order valence-electron chi connectivity index (χ3n) is 6.16. The van der Waals surface area contributed by atoms with Gasteiger partial charge in [0.25, 0.3) is 5.91 Å². The summed E-state index contributed by atoms with van der Waals surface area (Å²) in [6.45, 7) is 0.557. The normalized spacial score (nSPS) is 21.0. The number of aliphatic imine (C=N–C) groups is 1. The summed E-state index contributed by atoms with van der Waals surface area (Å²) < 4.78 is 4.91. The number of nitrogens with one attached hydrogen (secondary N) is 3. The lowest BCUT2D eigenvalue weighted by molar-refractivity contribution is 0.0935. The number of rotatable bonds is 5. The van der Waals surface area contributed by atoms with Gasteiger partial charge in [0, 0.05) is 30.6 Å². The average Bonchev–Trinajstić information content (AvgIpc) is 3.32. The van der Waals surface area contributed by atoms with Crippen LogP contribution in [0.15, 0.2) is 53.5 Å². The van der Waals surface area contributed by atoms with Crippen molar-refractivity contribution in [2.75, 3.05) is 13.6 Å². The van der Waals surface area contributed by atoms with Crippen molar-refractivity contribution in [1.29, 1.82) is 5.26 Å². The summed E-state index contributed by atoms with van der Waals surface area (Å²) >= 11 is 1.32. The summed E-state index contributed by atoms with van der Waals surface area (Å²) in [5.41, 5.74) is 2.42. The van der Waals surface area contributed by atoms with Gasteiger partial charge in [-0.3, -0.25) is 4.79 Å². The first-order chi connectivity index (χ1) is 15.6. The highest BCUT2D eigenvalue weighted by Gasteiger charge is 2.37. The average molecular weight is 448 g/mol. The smallest absolute Gasteiger partial charge is 0.251 e. The predicted octanol–water partition coefficient (Wildman–Crippen LogP) is 2.95. The molecule has 0 spiro atoms. The Labute approximate surface area is 190 Å². The molecule has 3 aromatic rings. The van der Waals surface area contributed by atoms with Crippen LogP contribution in [0.1, 0.15) is 41.6 Å². The van der Waals surface area contributed by atoms with Crippen molar-refractivity contribution >= 4 is 33.6 Å². The van der Waals surface area contributed by atoms with Gasteiger partial charge in [-0.05, 0) is 61.0 Å². The van der Waals surface area contributed by atoms with Crippen molar-refractivity contribution in [2.45, 2.75) is 37.1 Å². The van der Waals surface area contributed by atoms with Gasteiger partial charge in [-0.15, -0.1) is 10.1 Å². The molecule has 1 aromatic heterocycles. The number of amides is 1. The molecule has 0 atom stereocenters. The van der Waals surface area contributed by atoms with Gasteiger partial charge < -0.3 is 16.0 Å². The number of carbonyl (C=O) groups excluding carboxylic acids is 1. The van der Waals surface area contributed by atoms with Crippen molar-refractivity contribution in [1.82, 2.24) is 25.5 Å². The number of nitriles is 1. The van der Waals surface area contributed by atoms with Crippen LogP contribution in [0.4, 0.5) is 0 Å². The molecule has 164 valence electrons. The molecule has 0 aliphatic heterocycles. The Hall–Kier alpha value is -3.51. The second kappa shape index (κ2) is 9.75. The monoisotopic (exact) mass is 447 g/mol. The lowest BCUT2D eigenvalue weighted by Crippen LogP contribution is -2.49. The lowest BCUT2D eigenvalue weighted by Gasteiger charge is -2.41. The molecular weight excluding hydrogens is 422 g/mol. The number of guanidine groups is 1. The first-order valence-corrected chi connectivity index (χ1v) is 11.4. The largest absolute Gasteiger partial charge is 0.359 e. The number of fused-ring (bicyclic) bond motifs is 1. The maximum absolute atomic E-state index is 12.9. The van der Waals surface area contributed by atoms with Crippen molar-refractivity contribution in [3.63, 3.8) is 0 Å². The Morgan fingerprint density at radius 2 is 2.03 bits per heavy atom. The van der Waals surface area contributed by atoms with E-state index in [0.29, 0.717) is 18.1 Å². The summed E-state index contributed by atoms with van der Waals surface area (Å²) in [4.78, 5) is 16.7. The van der Waals surface area contributed by atoms with Gasteiger partial charge >= 0.3 is 0 Å². The van der Waals surface area contributed by atoms with E-state index in [9.17, 15) is 4.79 Å². The fourth-order valence-corrected chi connectivity index (χ4v) is 4.89. The molecule has 9 heteroatoms. The van der Waals surface area contributed by atoms with Gasteiger partial charge in [0.05, 0.1) is 4.70 Å². The zero-order valence-electron chi connectivity index (χ0n) is 17.8. The molecule has 1 fully saturated rings. The van der Waals surface area contributed by atoms with E-state index >= 15 is 0 Å². The minimum Gasteiger partial charge on any atom is -0.359 e. The highest BCUT2D eigenvalue weighted by molar-refractivity contribution is 7.12. The van der Waals surface area contributed by atoms with E-state index in [1.165, 1.54) is 17.1 Å². The number of hydrogen-bond donors (Lipinski definition) is 3. The number of hydrogen-bond acceptors (Lipinski definition) is 6. The van der Waals surface area contributed by atoms with Crippen LogP contribution in [0, 0.1) is 11.5 Å². The van der Waals surface area contributed by atoms with Crippen molar-refractivity contribution in [2.24, 2.45) is 4.99 Å². The molecule has 0 unspecified atom stereocenters. The number of nitrogens with zero attached hydrogens (tertiary/aromatic N) is 4. The Balaban J connectivity index is 1.47. The molecule has 0 bridgehead atoms. The zero-order chi connectivity index (χ0) is 22.4. The molecule has 1 heterocycles. The van der Waals surface area contributed by atoms with Gasteiger partial charge in [0.1, 0.15) is 5.52 Å². The first-order valence-electron chi connectivity index (χ1n) is 10.6. The molecule has 0 radical (unpaired) electrons. The van der Waals surface area contributed by atoms with E-state index in [1.54, 1.807) is 13.1 Å². The molecule has 32 heavy (non-hydrogen) atoms. The standard InChI is InChI=1S/C23H25N7OS/c1-25-22(27-15-24)28-18-9-11-23(12-10-18,17-5-3-2-4-6-17)14-26-21(31)16-7-8-20-19(13-16)29-30-32-20/h2-8,13,18H,9-12,14H2,1H3,(H,26,31)(H2,25,27,28)/t18-,23-. The minimum absolute atomic E-state index is 0.103. The Morgan fingerprint density at radius 1 is 1.25 bits per heavy atom. The molecule has 3 N–H and O–H groups in total. The van der Waals surface area contributed by atoms with E-state index in [-0.39, 0.29) is 17.4 Å². The topological polar surface area (TPSA) is 115 Å². The maximum atomic E-state index is 12.9. The zero-order valence-corrected chi connectivity index (χ0v) is 18.7. The second-order valence-electron chi connectivity index (χ2n) is 8.01. The minimum atomic E-state index is -0.145. The number of carbonyl (C=O) groups is 1. The van der Waals surface area contributed by atoms with Gasteiger partial charge in [-0.1, -0.05) is 34.8 Å². The Kier molecular flexibility index (Phi) is 6.61. The molecule has 8 nitrogen and oxygen atoms in total. The van der Waals surface area contributed by atoms with Crippen molar-refractivity contribution in [3.8, 4) is 6.19 Å². The Bertz CT molecular complexity index is 1140. The van der Waals surface area contributed by atoms with E-state index in [2.05, 4.69) is 42.7 Å².